The Morgan fingerprint density at radius 2 is 1.89 bits per heavy atom. The summed E-state index contributed by atoms with van der Waals surface area (Å²) in [5.74, 6) is 0.269. The summed E-state index contributed by atoms with van der Waals surface area (Å²) in [5, 5.41) is 0. The molecule has 4 heteroatoms. The molecule has 19 heavy (non-hydrogen) atoms. The lowest BCUT2D eigenvalue weighted by atomic mass is 10.1. The molecule has 0 saturated heterocycles. The van der Waals surface area contributed by atoms with Crippen LogP contribution in [-0.2, 0) is 4.74 Å². The molecule has 0 heterocycles. The number of hydrogen-bond donors (Lipinski definition) is 1. The van der Waals surface area contributed by atoms with Crippen LogP contribution in [0, 0.1) is 0 Å². The minimum Gasteiger partial charge on any atom is -0.490 e. The van der Waals surface area contributed by atoms with Crippen molar-refractivity contribution >= 4 is 11.7 Å². The first-order valence-corrected chi connectivity index (χ1v) is 6.85. The van der Waals surface area contributed by atoms with Crippen LogP contribution in [-0.4, -0.2) is 19.2 Å². The second-order valence-electron chi connectivity index (χ2n) is 4.97. The van der Waals surface area contributed by atoms with Crippen LogP contribution in [0.1, 0.15) is 48.9 Å². The normalized spacial score (nSPS) is 16.7. The minimum atomic E-state index is -0.427. The topological polar surface area (TPSA) is 61.5 Å². The summed E-state index contributed by atoms with van der Waals surface area (Å²) in [6, 6.07) is 5.18. The Hall–Kier alpha value is -1.71. The van der Waals surface area contributed by atoms with Crippen molar-refractivity contribution in [1.82, 2.24) is 0 Å². The molecule has 0 aliphatic heterocycles. The molecule has 1 aromatic rings. The minimum absolute atomic E-state index is 0.247. The molecule has 1 aliphatic carbocycles. The molecule has 0 spiro atoms. The van der Waals surface area contributed by atoms with Crippen LogP contribution in [0.5, 0.6) is 5.75 Å². The number of rotatable bonds is 3. The van der Waals surface area contributed by atoms with E-state index in [1.165, 1.54) is 32.8 Å². The molecule has 1 aromatic carbocycles. The van der Waals surface area contributed by atoms with Crippen molar-refractivity contribution in [3.05, 3.63) is 23.8 Å². The molecule has 2 N–H and O–H groups in total. The second kappa shape index (κ2) is 6.45. The number of hydrogen-bond acceptors (Lipinski definition) is 4. The van der Waals surface area contributed by atoms with E-state index in [2.05, 4.69) is 0 Å². The maximum atomic E-state index is 11.6. The molecule has 0 atom stereocenters. The highest BCUT2D eigenvalue weighted by molar-refractivity contribution is 5.95. The van der Waals surface area contributed by atoms with E-state index < -0.39 is 5.97 Å². The van der Waals surface area contributed by atoms with Gasteiger partial charge in [-0.15, -0.1) is 0 Å². The van der Waals surface area contributed by atoms with Gasteiger partial charge in [-0.1, -0.05) is 12.8 Å². The van der Waals surface area contributed by atoms with Gasteiger partial charge in [-0.05, 0) is 43.9 Å². The zero-order valence-corrected chi connectivity index (χ0v) is 11.4. The van der Waals surface area contributed by atoms with Crippen LogP contribution in [0.15, 0.2) is 18.2 Å². The number of nitrogen functional groups attached to an aromatic ring is 1. The van der Waals surface area contributed by atoms with Gasteiger partial charge in [0, 0.05) is 5.69 Å². The molecule has 104 valence electrons. The SMILES string of the molecule is COC(=O)c1cc(OC2CCCCCC2)ccc1N. The number of ether oxygens (including phenoxy) is 2. The van der Waals surface area contributed by atoms with E-state index in [1.807, 2.05) is 6.07 Å². The summed E-state index contributed by atoms with van der Waals surface area (Å²) < 4.78 is 10.7. The van der Waals surface area contributed by atoms with Crippen LogP contribution in [0.3, 0.4) is 0 Å². The molecule has 0 radical (unpaired) electrons. The molecule has 1 fully saturated rings. The lowest BCUT2D eigenvalue weighted by Gasteiger charge is -2.17. The van der Waals surface area contributed by atoms with E-state index in [0.717, 1.165) is 12.8 Å². The maximum absolute atomic E-state index is 11.6. The van der Waals surface area contributed by atoms with Crippen LogP contribution in [0.4, 0.5) is 5.69 Å². The van der Waals surface area contributed by atoms with Gasteiger partial charge in [0.2, 0.25) is 0 Å². The summed E-state index contributed by atoms with van der Waals surface area (Å²) in [7, 11) is 1.35. The Balaban J connectivity index is 2.09. The highest BCUT2D eigenvalue weighted by Gasteiger charge is 2.16. The lowest BCUT2D eigenvalue weighted by molar-refractivity contribution is 0.0601. The molecule has 0 bridgehead atoms. The van der Waals surface area contributed by atoms with Gasteiger partial charge in [0.1, 0.15) is 5.75 Å². The fourth-order valence-electron chi connectivity index (χ4n) is 2.45. The van der Waals surface area contributed by atoms with Gasteiger partial charge in [-0.25, -0.2) is 4.79 Å². The Morgan fingerprint density at radius 1 is 1.21 bits per heavy atom. The average molecular weight is 263 g/mol. The van der Waals surface area contributed by atoms with Crippen LogP contribution >= 0.6 is 0 Å². The molecule has 0 unspecified atom stereocenters. The van der Waals surface area contributed by atoms with Crippen LogP contribution < -0.4 is 10.5 Å². The summed E-state index contributed by atoms with van der Waals surface area (Å²) >= 11 is 0. The van der Waals surface area contributed by atoms with E-state index in [9.17, 15) is 4.79 Å². The number of anilines is 1. The molecule has 2 rings (SSSR count). The third-order valence-corrected chi connectivity index (χ3v) is 3.54. The molecule has 0 aromatic heterocycles. The van der Waals surface area contributed by atoms with Gasteiger partial charge in [0.25, 0.3) is 0 Å². The van der Waals surface area contributed by atoms with Crippen molar-refractivity contribution in [2.75, 3.05) is 12.8 Å². The highest BCUT2D eigenvalue weighted by atomic mass is 16.5. The standard InChI is InChI=1S/C15H21NO3/c1-18-15(17)13-10-12(8-9-14(13)16)19-11-6-4-2-3-5-7-11/h8-11H,2-7,16H2,1H3. The Morgan fingerprint density at radius 3 is 2.53 bits per heavy atom. The fraction of sp³-hybridized carbons (Fsp3) is 0.533. The van der Waals surface area contributed by atoms with E-state index >= 15 is 0 Å². The average Bonchev–Trinajstić information content (AvgIpc) is 2.68. The summed E-state index contributed by atoms with van der Waals surface area (Å²) in [5.41, 5.74) is 6.55. The molecule has 1 aliphatic rings. The van der Waals surface area contributed by atoms with Crippen LogP contribution in [0.25, 0.3) is 0 Å². The number of benzene rings is 1. The van der Waals surface area contributed by atoms with Crippen molar-refractivity contribution in [3.8, 4) is 5.75 Å². The first-order valence-electron chi connectivity index (χ1n) is 6.85. The predicted molar refractivity (Wildman–Crippen MR) is 74.3 cm³/mol. The number of nitrogens with two attached hydrogens (primary N) is 1. The molecular formula is C15H21NO3. The highest BCUT2D eigenvalue weighted by Crippen LogP contribution is 2.25. The summed E-state index contributed by atoms with van der Waals surface area (Å²) in [4.78, 5) is 11.6. The van der Waals surface area contributed by atoms with Gasteiger partial charge in [-0.3, -0.25) is 0 Å². The number of esters is 1. The number of methoxy groups -OCH3 is 1. The second-order valence-corrected chi connectivity index (χ2v) is 4.97. The van der Waals surface area contributed by atoms with Gasteiger partial charge in [-0.2, -0.15) is 0 Å². The number of carbonyl (C=O) groups is 1. The third-order valence-electron chi connectivity index (χ3n) is 3.54. The van der Waals surface area contributed by atoms with Gasteiger partial charge in [0.05, 0.1) is 18.8 Å². The zero-order valence-electron chi connectivity index (χ0n) is 11.4. The molecule has 1 saturated carbocycles. The summed E-state index contributed by atoms with van der Waals surface area (Å²) in [6.07, 6.45) is 7.41. The largest absolute Gasteiger partial charge is 0.490 e. The zero-order chi connectivity index (χ0) is 13.7. The maximum Gasteiger partial charge on any atom is 0.340 e. The van der Waals surface area contributed by atoms with Crippen molar-refractivity contribution < 1.29 is 14.3 Å². The predicted octanol–water partition coefficient (Wildman–Crippen LogP) is 3.16. The van der Waals surface area contributed by atoms with Crippen molar-refractivity contribution in [3.63, 3.8) is 0 Å². The van der Waals surface area contributed by atoms with Crippen molar-refractivity contribution in [2.24, 2.45) is 0 Å². The molecule has 0 amide bonds. The first-order chi connectivity index (χ1) is 9.20. The Kier molecular flexibility index (Phi) is 4.66. The van der Waals surface area contributed by atoms with E-state index in [4.69, 9.17) is 15.2 Å². The van der Waals surface area contributed by atoms with Gasteiger partial charge in [0.15, 0.2) is 0 Å². The molecular weight excluding hydrogens is 242 g/mol. The Labute approximate surface area is 113 Å². The smallest absolute Gasteiger partial charge is 0.340 e. The number of carbonyl (C=O) groups excluding carboxylic acids is 1. The molecule has 4 nitrogen and oxygen atoms in total. The van der Waals surface area contributed by atoms with E-state index in [1.54, 1.807) is 12.1 Å². The van der Waals surface area contributed by atoms with Gasteiger partial charge < -0.3 is 15.2 Å². The van der Waals surface area contributed by atoms with Crippen LogP contribution in [0.2, 0.25) is 0 Å². The van der Waals surface area contributed by atoms with Crippen molar-refractivity contribution in [1.29, 1.82) is 0 Å². The van der Waals surface area contributed by atoms with E-state index in [0.29, 0.717) is 17.0 Å². The Bertz CT molecular complexity index is 437. The quantitative estimate of drug-likeness (QED) is 0.517. The van der Waals surface area contributed by atoms with Gasteiger partial charge >= 0.3 is 5.97 Å². The first kappa shape index (κ1) is 13.7. The van der Waals surface area contributed by atoms with Crippen molar-refractivity contribution in [2.45, 2.75) is 44.6 Å². The third kappa shape index (κ3) is 3.63. The summed E-state index contributed by atoms with van der Waals surface area (Å²) in [6.45, 7) is 0. The van der Waals surface area contributed by atoms with E-state index in [-0.39, 0.29) is 6.10 Å². The monoisotopic (exact) mass is 263 g/mol. The lowest BCUT2D eigenvalue weighted by Crippen LogP contribution is -2.15. The fourth-order valence-corrected chi connectivity index (χ4v) is 2.45.